The van der Waals surface area contributed by atoms with E-state index in [9.17, 15) is 18.0 Å². The van der Waals surface area contributed by atoms with Crippen LogP contribution >= 0.6 is 0 Å². The fourth-order valence-electron chi connectivity index (χ4n) is 3.10. The Morgan fingerprint density at radius 2 is 1.75 bits per heavy atom. The van der Waals surface area contributed by atoms with Gasteiger partial charge in [0.25, 0.3) is 0 Å². The van der Waals surface area contributed by atoms with Gasteiger partial charge in [-0.1, -0.05) is 42.5 Å². The molecule has 3 aromatic rings. The molecule has 0 unspecified atom stereocenters. The number of ketones is 1. The first-order valence-electron chi connectivity index (χ1n) is 7.52. The minimum absolute atomic E-state index is 0.128. The highest BCUT2D eigenvalue weighted by Gasteiger charge is 2.30. The summed E-state index contributed by atoms with van der Waals surface area (Å²) >= 11 is 0. The summed E-state index contributed by atoms with van der Waals surface area (Å²) in [5.74, 6) is -0.241. The van der Waals surface area contributed by atoms with Crippen LogP contribution in [0.5, 0.6) is 0 Å². The van der Waals surface area contributed by atoms with E-state index in [0.29, 0.717) is 16.5 Å². The second-order valence-corrected chi connectivity index (χ2v) is 5.86. The molecule has 0 atom stereocenters. The number of carbonyl (C=O) groups is 1. The maximum atomic E-state index is 12.9. The minimum atomic E-state index is -4.33. The molecule has 1 aromatic heterocycles. The van der Waals surface area contributed by atoms with Crippen molar-refractivity contribution in [1.29, 1.82) is 0 Å². The van der Waals surface area contributed by atoms with Gasteiger partial charge >= 0.3 is 6.18 Å². The average Bonchev–Trinajstić information content (AvgIpc) is 2.86. The predicted octanol–water partition coefficient (Wildman–Crippen LogP) is 5.15. The summed E-state index contributed by atoms with van der Waals surface area (Å²) < 4.78 is 40.6. The summed E-state index contributed by atoms with van der Waals surface area (Å²) in [4.78, 5) is 11.9. The molecule has 2 aromatic carbocycles. The molecule has 5 heteroatoms. The van der Waals surface area contributed by atoms with Crippen LogP contribution in [0, 0.1) is 0 Å². The monoisotopic (exact) mass is 331 g/mol. The first kappa shape index (κ1) is 16.3. The normalized spacial score (nSPS) is 11.9. The van der Waals surface area contributed by atoms with Crippen molar-refractivity contribution in [1.82, 2.24) is 4.57 Å². The fourth-order valence-corrected chi connectivity index (χ4v) is 3.10. The molecule has 0 aliphatic carbocycles. The van der Waals surface area contributed by atoms with Crippen molar-refractivity contribution in [3.8, 4) is 11.1 Å². The van der Waals surface area contributed by atoms with Gasteiger partial charge < -0.3 is 4.57 Å². The molecule has 0 aliphatic heterocycles. The lowest BCUT2D eigenvalue weighted by Gasteiger charge is -2.12. The van der Waals surface area contributed by atoms with Crippen molar-refractivity contribution in [3.05, 3.63) is 59.8 Å². The number of Topliss-reactive ketones (excluding diaryl/α,β-unsaturated/α-hetero) is 1. The predicted molar refractivity (Wildman–Crippen MR) is 88.1 cm³/mol. The number of aryl methyl sites for hydroxylation is 1. The highest BCUT2D eigenvalue weighted by molar-refractivity contribution is 6.11. The number of benzene rings is 2. The maximum absolute atomic E-state index is 12.9. The summed E-state index contributed by atoms with van der Waals surface area (Å²) in [5.41, 5.74) is 2.81. The van der Waals surface area contributed by atoms with E-state index in [1.54, 1.807) is 23.9 Å². The quantitative estimate of drug-likeness (QED) is 0.608. The van der Waals surface area contributed by atoms with Gasteiger partial charge in [-0.3, -0.25) is 4.79 Å². The van der Waals surface area contributed by atoms with Crippen molar-refractivity contribution in [2.24, 2.45) is 7.05 Å². The zero-order valence-electron chi connectivity index (χ0n) is 13.3. The van der Waals surface area contributed by atoms with Crippen LogP contribution in [0.2, 0.25) is 0 Å². The van der Waals surface area contributed by atoms with Crippen LogP contribution in [-0.4, -0.2) is 16.5 Å². The Bertz CT molecular complexity index is 908. The highest BCUT2D eigenvalue weighted by atomic mass is 19.4. The zero-order valence-corrected chi connectivity index (χ0v) is 13.3. The molecule has 0 amide bonds. The first-order chi connectivity index (χ1) is 11.3. The molecule has 1 heterocycles. The molecule has 2 nitrogen and oxygen atoms in total. The van der Waals surface area contributed by atoms with E-state index >= 15 is 0 Å². The van der Waals surface area contributed by atoms with E-state index in [1.165, 1.54) is 13.0 Å². The lowest BCUT2D eigenvalue weighted by atomic mass is 9.95. The van der Waals surface area contributed by atoms with Crippen molar-refractivity contribution < 1.29 is 18.0 Å². The molecule has 0 bridgehead atoms. The Hall–Kier alpha value is -2.56. The van der Waals surface area contributed by atoms with Crippen molar-refractivity contribution in [2.75, 3.05) is 0 Å². The number of hydrogen-bond donors (Lipinski definition) is 0. The van der Waals surface area contributed by atoms with Gasteiger partial charge in [0.2, 0.25) is 0 Å². The van der Waals surface area contributed by atoms with E-state index in [4.69, 9.17) is 0 Å². The van der Waals surface area contributed by atoms with Crippen LogP contribution in [0.15, 0.2) is 48.7 Å². The van der Waals surface area contributed by atoms with Crippen molar-refractivity contribution >= 4 is 16.7 Å². The van der Waals surface area contributed by atoms with Gasteiger partial charge in [-0.25, -0.2) is 0 Å². The van der Waals surface area contributed by atoms with Crippen LogP contribution in [0.25, 0.3) is 22.0 Å². The fraction of sp³-hybridized carbons (Fsp3) is 0.211. The highest BCUT2D eigenvalue weighted by Crippen LogP contribution is 2.36. The number of alkyl halides is 3. The van der Waals surface area contributed by atoms with E-state index in [-0.39, 0.29) is 11.3 Å². The Kier molecular flexibility index (Phi) is 3.95. The summed E-state index contributed by atoms with van der Waals surface area (Å²) in [6.45, 7) is 1.38. The molecule has 0 fully saturated rings. The zero-order chi connectivity index (χ0) is 17.5. The third-order valence-corrected chi connectivity index (χ3v) is 4.06. The lowest BCUT2D eigenvalue weighted by Crippen LogP contribution is -2.12. The third-order valence-electron chi connectivity index (χ3n) is 4.06. The average molecular weight is 331 g/mol. The van der Waals surface area contributed by atoms with Crippen LogP contribution in [0.1, 0.15) is 22.8 Å². The van der Waals surface area contributed by atoms with Gasteiger partial charge in [0.05, 0.1) is 11.9 Å². The van der Waals surface area contributed by atoms with Gasteiger partial charge in [0, 0.05) is 29.8 Å². The molecule has 0 N–H and O–H groups in total. The Morgan fingerprint density at radius 3 is 2.33 bits per heavy atom. The van der Waals surface area contributed by atoms with Crippen LogP contribution in [0.4, 0.5) is 13.2 Å². The molecule has 0 spiro atoms. The summed E-state index contributed by atoms with van der Waals surface area (Å²) in [6, 6.07) is 12.6. The van der Waals surface area contributed by atoms with E-state index in [1.807, 2.05) is 30.3 Å². The number of halogens is 3. The Labute approximate surface area is 137 Å². The Morgan fingerprint density at radius 1 is 1.08 bits per heavy atom. The van der Waals surface area contributed by atoms with E-state index in [2.05, 4.69) is 0 Å². The van der Waals surface area contributed by atoms with Gasteiger partial charge in [-0.05, 0) is 18.1 Å². The number of aromatic nitrogens is 1. The number of fused-ring (bicyclic) bond motifs is 1. The van der Waals surface area contributed by atoms with Gasteiger partial charge in [-0.2, -0.15) is 13.2 Å². The van der Waals surface area contributed by atoms with Crippen LogP contribution < -0.4 is 0 Å². The van der Waals surface area contributed by atoms with E-state index in [0.717, 1.165) is 11.1 Å². The van der Waals surface area contributed by atoms with Crippen molar-refractivity contribution in [3.63, 3.8) is 0 Å². The van der Waals surface area contributed by atoms with Crippen molar-refractivity contribution in [2.45, 2.75) is 19.5 Å². The molecule has 0 radical (unpaired) electrons. The molecule has 3 rings (SSSR count). The van der Waals surface area contributed by atoms with E-state index < -0.39 is 12.6 Å². The molecule has 0 saturated heterocycles. The summed E-state index contributed by atoms with van der Waals surface area (Å²) in [5, 5.41) is 0.392. The van der Waals surface area contributed by atoms with Gasteiger partial charge in [-0.15, -0.1) is 0 Å². The second kappa shape index (κ2) is 5.82. The number of nitrogens with zero attached hydrogens (tertiary/aromatic N) is 1. The molecule has 124 valence electrons. The summed E-state index contributed by atoms with van der Waals surface area (Å²) in [7, 11) is 1.75. The third kappa shape index (κ3) is 2.94. The Balaban J connectivity index is 2.35. The van der Waals surface area contributed by atoms with Crippen LogP contribution in [0.3, 0.4) is 0 Å². The molecule has 0 saturated carbocycles. The van der Waals surface area contributed by atoms with Gasteiger partial charge in [0.1, 0.15) is 0 Å². The summed E-state index contributed by atoms with van der Waals surface area (Å²) in [6.07, 6.45) is -3.77. The number of carbonyl (C=O) groups excluding carboxylic acids is 1. The smallest absolute Gasteiger partial charge is 0.349 e. The van der Waals surface area contributed by atoms with Gasteiger partial charge in [0.15, 0.2) is 5.78 Å². The van der Waals surface area contributed by atoms with Crippen LogP contribution in [-0.2, 0) is 13.5 Å². The first-order valence-corrected chi connectivity index (χ1v) is 7.52. The minimum Gasteiger partial charge on any atom is -0.349 e. The SMILES string of the molecule is CC(=O)c1cn(C)c2c(-c3ccccc3)ccc(CC(F)(F)F)c12. The number of hydrogen-bond acceptors (Lipinski definition) is 1. The number of rotatable bonds is 3. The molecular weight excluding hydrogens is 315 g/mol. The molecule has 24 heavy (non-hydrogen) atoms. The maximum Gasteiger partial charge on any atom is 0.393 e. The molecule has 0 aliphatic rings. The molecular formula is C19H16F3NO. The second-order valence-electron chi connectivity index (χ2n) is 5.86. The largest absolute Gasteiger partial charge is 0.393 e. The topological polar surface area (TPSA) is 22.0 Å². The standard InChI is InChI=1S/C19H16F3NO/c1-12(24)16-11-23(2)18-15(13-6-4-3-5-7-13)9-8-14(17(16)18)10-19(20,21)22/h3-9,11H,10H2,1-2H3. The lowest BCUT2D eigenvalue weighted by molar-refractivity contribution is -0.127.